The fourth-order valence-corrected chi connectivity index (χ4v) is 5.37. The van der Waals surface area contributed by atoms with E-state index in [1.807, 2.05) is 30.3 Å². The number of anilines is 2. The Kier molecular flexibility index (Phi) is 5.57. The Labute approximate surface area is 217 Å². The average molecular weight is 511 g/mol. The Bertz CT molecular complexity index is 1690. The minimum absolute atomic E-state index is 0.0409. The summed E-state index contributed by atoms with van der Waals surface area (Å²) < 4.78 is 0. The lowest BCUT2D eigenvalue weighted by Gasteiger charge is -2.17. The van der Waals surface area contributed by atoms with Crippen molar-refractivity contribution in [2.75, 3.05) is 23.1 Å². The third-order valence-electron chi connectivity index (χ3n) is 6.93. The maximum absolute atomic E-state index is 13.6. The summed E-state index contributed by atoms with van der Waals surface area (Å²) >= 11 is 6.31. The van der Waals surface area contributed by atoms with Crippen LogP contribution >= 0.6 is 11.6 Å². The molecular formula is C29H23ClN4O3. The molecule has 0 bridgehead atoms. The van der Waals surface area contributed by atoms with E-state index in [1.165, 1.54) is 0 Å². The highest BCUT2D eigenvalue weighted by molar-refractivity contribution is 6.19. The zero-order valence-corrected chi connectivity index (χ0v) is 20.5. The molecule has 1 atom stereocenters. The number of aromatic nitrogens is 2. The van der Waals surface area contributed by atoms with Crippen molar-refractivity contribution in [2.45, 2.75) is 12.3 Å². The smallest absolute Gasteiger partial charge is 0.274 e. The molecule has 184 valence electrons. The van der Waals surface area contributed by atoms with Crippen LogP contribution in [0.5, 0.6) is 5.75 Å². The van der Waals surface area contributed by atoms with E-state index < -0.39 is 0 Å². The van der Waals surface area contributed by atoms with Gasteiger partial charge in [0, 0.05) is 59.0 Å². The summed E-state index contributed by atoms with van der Waals surface area (Å²) in [6, 6.07) is 19.7. The van der Waals surface area contributed by atoms with Gasteiger partial charge in [-0.05, 0) is 52.9 Å². The molecule has 1 aliphatic heterocycles. The number of fused-ring (bicyclic) bond motifs is 4. The highest BCUT2D eigenvalue weighted by atomic mass is 35.5. The Morgan fingerprint density at radius 1 is 1.08 bits per heavy atom. The number of alkyl halides is 1. The van der Waals surface area contributed by atoms with Crippen LogP contribution in [0.15, 0.2) is 72.9 Å². The van der Waals surface area contributed by atoms with Gasteiger partial charge in [0.1, 0.15) is 17.1 Å². The van der Waals surface area contributed by atoms with Gasteiger partial charge in [0.05, 0.1) is 5.69 Å². The maximum Gasteiger partial charge on any atom is 0.274 e. The van der Waals surface area contributed by atoms with Crippen LogP contribution in [0.4, 0.5) is 11.4 Å². The monoisotopic (exact) mass is 510 g/mol. The molecule has 0 saturated heterocycles. The molecule has 0 spiro atoms. The molecule has 0 radical (unpaired) electrons. The Hall–Kier alpha value is -4.36. The lowest BCUT2D eigenvalue weighted by Crippen LogP contribution is -2.30. The Morgan fingerprint density at radius 3 is 2.59 bits per heavy atom. The van der Waals surface area contributed by atoms with Crippen molar-refractivity contribution < 1.29 is 14.7 Å². The van der Waals surface area contributed by atoms with E-state index in [-0.39, 0.29) is 29.8 Å². The molecular weight excluding hydrogens is 488 g/mol. The van der Waals surface area contributed by atoms with Gasteiger partial charge >= 0.3 is 0 Å². The predicted octanol–water partition coefficient (Wildman–Crippen LogP) is 5.41. The molecule has 8 heteroatoms. The molecule has 0 fully saturated rings. The molecule has 6 rings (SSSR count). The van der Waals surface area contributed by atoms with E-state index in [1.54, 1.807) is 47.5 Å². The summed E-state index contributed by atoms with van der Waals surface area (Å²) in [7, 11) is 0. The average Bonchev–Trinajstić information content (AvgIpc) is 3.50. The van der Waals surface area contributed by atoms with Crippen LogP contribution in [0, 0.1) is 0 Å². The van der Waals surface area contributed by atoms with Gasteiger partial charge in [-0.15, -0.1) is 11.6 Å². The van der Waals surface area contributed by atoms with E-state index in [9.17, 15) is 14.7 Å². The minimum Gasteiger partial charge on any atom is -0.507 e. The summed E-state index contributed by atoms with van der Waals surface area (Å²) in [4.78, 5) is 35.5. The molecule has 2 aromatic heterocycles. The Balaban J connectivity index is 1.31. The molecule has 5 aromatic rings. The number of benzene rings is 3. The second-order valence-corrected chi connectivity index (χ2v) is 9.64. The number of phenols is 1. The van der Waals surface area contributed by atoms with Gasteiger partial charge in [0.25, 0.3) is 5.91 Å². The van der Waals surface area contributed by atoms with E-state index in [0.717, 1.165) is 27.3 Å². The standard InChI is InChI=1S/C29H23ClN4O3/c30-13-19-15-34(24-12-26(36)21-3-1-2-4-22(21)27(19)24)29(37)23-11-18-9-16(14-32-28(18)33-23)10-25(35)17-5-7-20(31)8-6-17/h1-9,11-12,14,19,36H,10,13,15,31H2,(H,32,33)/t19-/m1/s1. The molecule has 0 unspecified atom stereocenters. The number of halogens is 1. The van der Waals surface area contributed by atoms with E-state index >= 15 is 0 Å². The molecule has 4 N–H and O–H groups in total. The lowest BCUT2D eigenvalue weighted by molar-refractivity contribution is 0.0979. The summed E-state index contributed by atoms with van der Waals surface area (Å²) in [6.45, 7) is 0.412. The van der Waals surface area contributed by atoms with Gasteiger partial charge in [-0.1, -0.05) is 24.3 Å². The number of nitrogen functional groups attached to an aromatic ring is 1. The maximum atomic E-state index is 13.6. The quantitative estimate of drug-likeness (QED) is 0.166. The SMILES string of the molecule is Nc1ccc(C(=O)Cc2cnc3[nH]c(C(=O)N4C[C@@H](CCl)c5c4cc(O)c4ccccc54)cc3c2)cc1. The lowest BCUT2D eigenvalue weighted by atomic mass is 9.95. The van der Waals surface area contributed by atoms with Crippen LogP contribution in [0.2, 0.25) is 0 Å². The third-order valence-corrected chi connectivity index (χ3v) is 7.30. The zero-order valence-electron chi connectivity index (χ0n) is 19.7. The van der Waals surface area contributed by atoms with E-state index in [4.69, 9.17) is 17.3 Å². The first-order valence-corrected chi connectivity index (χ1v) is 12.4. The molecule has 3 aromatic carbocycles. The number of hydrogen-bond acceptors (Lipinski definition) is 5. The first-order valence-electron chi connectivity index (χ1n) is 11.9. The van der Waals surface area contributed by atoms with Crippen LogP contribution in [-0.4, -0.2) is 39.2 Å². The van der Waals surface area contributed by atoms with Crippen LogP contribution in [0.1, 0.15) is 37.9 Å². The number of carbonyl (C=O) groups excluding carboxylic acids is 2. The molecule has 7 nitrogen and oxygen atoms in total. The number of H-pyrrole nitrogens is 1. The summed E-state index contributed by atoms with van der Waals surface area (Å²) in [5, 5.41) is 13.0. The van der Waals surface area contributed by atoms with Gasteiger partial charge in [-0.2, -0.15) is 0 Å². The third kappa shape index (κ3) is 3.97. The number of pyridine rings is 1. The van der Waals surface area contributed by atoms with Crippen molar-refractivity contribution in [1.82, 2.24) is 9.97 Å². The first-order chi connectivity index (χ1) is 17.9. The summed E-state index contributed by atoms with van der Waals surface area (Å²) in [6.07, 6.45) is 1.83. The number of nitrogens with zero attached hydrogens (tertiary/aromatic N) is 2. The van der Waals surface area contributed by atoms with Gasteiger partial charge in [-0.25, -0.2) is 4.98 Å². The normalized spacial score (nSPS) is 14.8. The van der Waals surface area contributed by atoms with Crippen molar-refractivity contribution in [3.8, 4) is 5.75 Å². The van der Waals surface area contributed by atoms with Crippen LogP contribution in [0.25, 0.3) is 21.8 Å². The second kappa shape index (κ2) is 8.94. The van der Waals surface area contributed by atoms with Gasteiger partial charge in [-0.3, -0.25) is 9.59 Å². The minimum atomic E-state index is -0.235. The highest BCUT2D eigenvalue weighted by Gasteiger charge is 2.35. The van der Waals surface area contributed by atoms with Gasteiger partial charge < -0.3 is 20.7 Å². The van der Waals surface area contributed by atoms with E-state index in [2.05, 4.69) is 9.97 Å². The number of rotatable bonds is 5. The van der Waals surface area contributed by atoms with Gasteiger partial charge in [0.15, 0.2) is 5.78 Å². The van der Waals surface area contributed by atoms with E-state index in [0.29, 0.717) is 40.7 Å². The number of nitrogens with one attached hydrogen (secondary N) is 1. The van der Waals surface area contributed by atoms with Crippen LogP contribution in [0.3, 0.4) is 0 Å². The van der Waals surface area contributed by atoms with Crippen molar-refractivity contribution in [2.24, 2.45) is 0 Å². The highest BCUT2D eigenvalue weighted by Crippen LogP contribution is 2.45. The van der Waals surface area contributed by atoms with Crippen molar-refractivity contribution >= 4 is 56.5 Å². The van der Waals surface area contributed by atoms with Crippen molar-refractivity contribution in [3.05, 3.63) is 95.3 Å². The number of carbonyl (C=O) groups is 2. The molecule has 0 saturated carbocycles. The number of amides is 1. The number of aromatic amines is 1. The molecule has 3 heterocycles. The molecule has 37 heavy (non-hydrogen) atoms. The number of phenolic OH excluding ortho intramolecular Hbond substituents is 1. The van der Waals surface area contributed by atoms with Crippen molar-refractivity contribution in [3.63, 3.8) is 0 Å². The summed E-state index contributed by atoms with van der Waals surface area (Å²) in [5.74, 6) is 0.142. The van der Waals surface area contributed by atoms with Crippen LogP contribution < -0.4 is 10.6 Å². The fourth-order valence-electron chi connectivity index (χ4n) is 5.12. The molecule has 1 aliphatic rings. The predicted molar refractivity (Wildman–Crippen MR) is 146 cm³/mol. The number of hydrogen-bond donors (Lipinski definition) is 3. The topological polar surface area (TPSA) is 112 Å². The number of aromatic hydroxyl groups is 1. The zero-order chi connectivity index (χ0) is 25.7. The fraction of sp³-hybridized carbons (Fsp3) is 0.138. The number of ketones is 1. The Morgan fingerprint density at radius 2 is 1.84 bits per heavy atom. The van der Waals surface area contributed by atoms with Gasteiger partial charge in [0.2, 0.25) is 0 Å². The molecule has 0 aliphatic carbocycles. The molecule has 1 amide bonds. The number of Topliss-reactive ketones (excluding diaryl/α,β-unsaturated/α-hetero) is 1. The summed E-state index contributed by atoms with van der Waals surface area (Å²) in [5.41, 5.74) is 10.2. The van der Waals surface area contributed by atoms with Crippen molar-refractivity contribution in [1.29, 1.82) is 0 Å². The van der Waals surface area contributed by atoms with Crippen LogP contribution in [-0.2, 0) is 6.42 Å². The largest absolute Gasteiger partial charge is 0.507 e. The first kappa shape index (κ1) is 23.1. The number of nitrogens with two attached hydrogens (primary N) is 1. The second-order valence-electron chi connectivity index (χ2n) is 9.33.